The molecule has 1 aliphatic heterocycles. The van der Waals surface area contributed by atoms with Crippen molar-refractivity contribution < 1.29 is 28.5 Å². The van der Waals surface area contributed by atoms with Crippen molar-refractivity contribution in [3.8, 4) is 23.6 Å². The molecule has 2 aromatic rings. The summed E-state index contributed by atoms with van der Waals surface area (Å²) in [6.45, 7) is 9.00. The second-order valence-corrected chi connectivity index (χ2v) is 11.2. The van der Waals surface area contributed by atoms with Gasteiger partial charge in [-0.1, -0.05) is 0 Å². The number of hydrogen-bond acceptors (Lipinski definition) is 9. The Morgan fingerprint density at radius 1 is 0.857 bits per heavy atom. The molecule has 0 N–H and O–H groups in total. The van der Waals surface area contributed by atoms with Gasteiger partial charge in [0.15, 0.2) is 0 Å². The van der Waals surface area contributed by atoms with Gasteiger partial charge in [0.1, 0.15) is 24.2 Å². The lowest BCUT2D eigenvalue weighted by Gasteiger charge is -2.54. The lowest BCUT2D eigenvalue weighted by atomic mass is 9.78. The number of benzene rings is 2. The Morgan fingerprint density at radius 2 is 1.33 bits per heavy atom. The van der Waals surface area contributed by atoms with E-state index >= 15 is 0 Å². The number of nitriles is 2. The molecule has 3 rings (SSSR count). The first-order valence-corrected chi connectivity index (χ1v) is 13.6. The van der Waals surface area contributed by atoms with Crippen molar-refractivity contribution in [2.45, 2.75) is 57.7 Å². The third-order valence-electron chi connectivity index (χ3n) is 7.32. The normalized spacial score (nSPS) is 16.5. The number of nitrogens with zero attached hydrogens (tertiary/aromatic N) is 3. The molecular formula is C33H37N3O6. The summed E-state index contributed by atoms with van der Waals surface area (Å²) in [6, 6.07) is 14.3. The van der Waals surface area contributed by atoms with Gasteiger partial charge in [0, 0.05) is 42.6 Å². The maximum Gasteiger partial charge on any atom is 0.331 e. The maximum atomic E-state index is 12.7. The van der Waals surface area contributed by atoms with Crippen LogP contribution in [0.1, 0.15) is 62.8 Å². The number of carbonyl (C=O) groups is 2. The molecule has 0 aliphatic carbocycles. The van der Waals surface area contributed by atoms with Gasteiger partial charge in [-0.25, -0.2) is 9.59 Å². The Labute approximate surface area is 247 Å². The Balaban J connectivity index is 1.56. The zero-order valence-electron chi connectivity index (χ0n) is 25.0. The number of methoxy groups -OCH3 is 2. The molecule has 1 heterocycles. The average Bonchev–Trinajstić information content (AvgIpc) is 2.95. The van der Waals surface area contributed by atoms with Crippen LogP contribution in [0.3, 0.4) is 0 Å². The van der Waals surface area contributed by atoms with E-state index in [1.807, 2.05) is 0 Å². The highest BCUT2D eigenvalue weighted by molar-refractivity contribution is 5.88. The molecule has 0 atom stereocenters. The molecule has 0 amide bonds. The first kappa shape index (κ1) is 31.9. The van der Waals surface area contributed by atoms with Gasteiger partial charge in [0.2, 0.25) is 0 Å². The first-order chi connectivity index (χ1) is 19.9. The number of esters is 2. The lowest BCUT2D eigenvalue weighted by Crippen LogP contribution is -2.63. The Morgan fingerprint density at radius 3 is 1.79 bits per heavy atom. The van der Waals surface area contributed by atoms with Crippen molar-refractivity contribution in [3.05, 3.63) is 70.8 Å². The standard InChI is InChI=1S/C33H37N3O6/c1-32(2)19-29(42-31(38)14-10-24-8-12-28(40-6)18-26(24)22-35)20-33(3,4)36(32)15-16-41-30(37)13-9-23-7-11-27(39-5)17-25(23)21-34/h7-14,17-18,29H,15-16,19-20H2,1-6H3. The van der Waals surface area contributed by atoms with Gasteiger partial charge in [-0.2, -0.15) is 10.5 Å². The molecule has 0 spiro atoms. The molecule has 1 fully saturated rings. The van der Waals surface area contributed by atoms with Crippen molar-refractivity contribution in [3.63, 3.8) is 0 Å². The Bertz CT molecular complexity index is 1430. The minimum atomic E-state index is -0.502. The predicted molar refractivity (Wildman–Crippen MR) is 158 cm³/mol. The summed E-state index contributed by atoms with van der Waals surface area (Å²) in [5.41, 5.74) is 1.32. The molecule has 0 bridgehead atoms. The molecule has 220 valence electrons. The van der Waals surface area contributed by atoms with Gasteiger partial charge in [0.05, 0.1) is 37.5 Å². The van der Waals surface area contributed by atoms with E-state index in [9.17, 15) is 20.1 Å². The average molecular weight is 572 g/mol. The predicted octanol–water partition coefficient (Wildman–Crippen LogP) is 5.28. The topological polar surface area (TPSA) is 122 Å². The largest absolute Gasteiger partial charge is 0.497 e. The van der Waals surface area contributed by atoms with E-state index < -0.39 is 11.9 Å². The van der Waals surface area contributed by atoms with Crippen LogP contribution in [0.15, 0.2) is 48.6 Å². The number of piperidine rings is 1. The van der Waals surface area contributed by atoms with Crippen LogP contribution in [0.5, 0.6) is 11.5 Å². The van der Waals surface area contributed by atoms with Crippen LogP contribution >= 0.6 is 0 Å². The second-order valence-electron chi connectivity index (χ2n) is 11.2. The highest BCUT2D eigenvalue weighted by Crippen LogP contribution is 2.39. The fraction of sp³-hybridized carbons (Fsp3) is 0.394. The van der Waals surface area contributed by atoms with Crippen LogP contribution < -0.4 is 9.47 Å². The highest BCUT2D eigenvalue weighted by atomic mass is 16.5. The van der Waals surface area contributed by atoms with Gasteiger partial charge >= 0.3 is 11.9 Å². The molecule has 0 saturated carbocycles. The zero-order valence-corrected chi connectivity index (χ0v) is 25.0. The van der Waals surface area contributed by atoms with Gasteiger partial charge in [-0.15, -0.1) is 0 Å². The smallest absolute Gasteiger partial charge is 0.331 e. The van der Waals surface area contributed by atoms with Gasteiger partial charge in [-0.3, -0.25) is 4.90 Å². The van der Waals surface area contributed by atoms with Gasteiger partial charge in [0.25, 0.3) is 0 Å². The molecule has 1 saturated heterocycles. The van der Waals surface area contributed by atoms with Crippen LogP contribution in [0.4, 0.5) is 0 Å². The van der Waals surface area contributed by atoms with Gasteiger partial charge < -0.3 is 18.9 Å². The molecule has 42 heavy (non-hydrogen) atoms. The van der Waals surface area contributed by atoms with Crippen molar-refractivity contribution in [1.82, 2.24) is 4.90 Å². The number of ether oxygens (including phenoxy) is 4. The molecule has 1 aliphatic rings. The summed E-state index contributed by atoms with van der Waals surface area (Å²) >= 11 is 0. The van der Waals surface area contributed by atoms with E-state index in [-0.39, 0.29) is 23.8 Å². The zero-order chi connectivity index (χ0) is 30.9. The summed E-state index contributed by atoms with van der Waals surface area (Å²) in [4.78, 5) is 27.3. The van der Waals surface area contributed by atoms with E-state index in [2.05, 4.69) is 44.7 Å². The van der Waals surface area contributed by atoms with Crippen molar-refractivity contribution >= 4 is 24.1 Å². The van der Waals surface area contributed by atoms with Crippen molar-refractivity contribution in [2.75, 3.05) is 27.4 Å². The molecule has 2 aromatic carbocycles. The third kappa shape index (κ3) is 8.22. The van der Waals surface area contributed by atoms with Crippen LogP contribution in [0, 0.1) is 22.7 Å². The van der Waals surface area contributed by atoms with Gasteiger partial charge in [-0.05, 0) is 87.4 Å². The number of hydrogen-bond donors (Lipinski definition) is 0. The fourth-order valence-corrected chi connectivity index (χ4v) is 5.53. The minimum absolute atomic E-state index is 0.181. The first-order valence-electron chi connectivity index (χ1n) is 13.6. The van der Waals surface area contributed by atoms with E-state index in [1.54, 1.807) is 48.6 Å². The van der Waals surface area contributed by atoms with Crippen LogP contribution in [0.2, 0.25) is 0 Å². The molecule has 0 unspecified atom stereocenters. The van der Waals surface area contributed by atoms with Crippen LogP contribution in [0.25, 0.3) is 12.2 Å². The van der Waals surface area contributed by atoms with E-state index in [1.165, 1.54) is 26.4 Å². The second kappa shape index (κ2) is 13.8. The SMILES string of the molecule is COc1ccc(C=CC(=O)OCCN2C(C)(C)CC(OC(=O)C=Cc3ccc(OC)cc3C#N)CC2(C)C)c(C#N)c1. The van der Waals surface area contributed by atoms with E-state index in [0.717, 1.165) is 0 Å². The molecule has 0 radical (unpaired) electrons. The summed E-state index contributed by atoms with van der Waals surface area (Å²) in [5.74, 6) is 0.153. The van der Waals surface area contributed by atoms with E-state index in [4.69, 9.17) is 18.9 Å². The van der Waals surface area contributed by atoms with Crippen molar-refractivity contribution in [2.24, 2.45) is 0 Å². The Kier molecular flexibility index (Phi) is 10.5. The fourth-order valence-electron chi connectivity index (χ4n) is 5.53. The van der Waals surface area contributed by atoms with Crippen molar-refractivity contribution in [1.29, 1.82) is 10.5 Å². The molecule has 0 aromatic heterocycles. The summed E-state index contributed by atoms with van der Waals surface area (Å²) in [7, 11) is 3.05. The third-order valence-corrected chi connectivity index (χ3v) is 7.32. The number of carbonyl (C=O) groups excluding carboxylic acids is 2. The summed E-state index contributed by atoms with van der Waals surface area (Å²) in [6.07, 6.45) is 6.67. The lowest BCUT2D eigenvalue weighted by molar-refractivity contribution is -0.157. The maximum absolute atomic E-state index is 12.7. The number of likely N-dealkylation sites (tertiary alicyclic amines) is 1. The van der Waals surface area contributed by atoms with Crippen LogP contribution in [-0.2, 0) is 19.1 Å². The summed E-state index contributed by atoms with van der Waals surface area (Å²) < 4.78 is 21.6. The monoisotopic (exact) mass is 571 g/mol. The molecule has 9 nitrogen and oxygen atoms in total. The highest BCUT2D eigenvalue weighted by Gasteiger charge is 2.46. The quantitative estimate of drug-likeness (QED) is 0.277. The summed E-state index contributed by atoms with van der Waals surface area (Å²) in [5, 5.41) is 18.8. The molecular weight excluding hydrogens is 534 g/mol. The number of rotatable bonds is 10. The molecule has 9 heteroatoms. The van der Waals surface area contributed by atoms with E-state index in [0.29, 0.717) is 53.1 Å². The van der Waals surface area contributed by atoms with Crippen LogP contribution in [-0.4, -0.2) is 61.4 Å². The minimum Gasteiger partial charge on any atom is -0.497 e. The Hall–Kier alpha value is -4.60.